The molecule has 0 spiro atoms. The highest BCUT2D eigenvalue weighted by Gasteiger charge is 2.33. The van der Waals surface area contributed by atoms with Gasteiger partial charge in [-0.05, 0) is 6.42 Å². The molecule has 0 bridgehead atoms. The summed E-state index contributed by atoms with van der Waals surface area (Å²) in [6.45, 7) is 4.35. The van der Waals surface area contributed by atoms with Crippen molar-refractivity contribution in [1.82, 2.24) is 10.2 Å². The van der Waals surface area contributed by atoms with Crippen LogP contribution in [0.5, 0.6) is 0 Å². The second-order valence-corrected chi connectivity index (χ2v) is 4.48. The fourth-order valence-corrected chi connectivity index (χ4v) is 2.03. The summed E-state index contributed by atoms with van der Waals surface area (Å²) in [7, 11) is 0. The Balaban J connectivity index is 2.66. The minimum atomic E-state index is -1.05. The van der Waals surface area contributed by atoms with Gasteiger partial charge in [-0.15, -0.1) is 0 Å². The molecule has 6 nitrogen and oxygen atoms in total. The molecule has 0 aromatic carbocycles. The van der Waals surface area contributed by atoms with Crippen LogP contribution < -0.4 is 5.32 Å². The fourth-order valence-electron chi connectivity index (χ4n) is 2.03. The second-order valence-electron chi connectivity index (χ2n) is 4.48. The number of aliphatic carboxylic acids is 1. The van der Waals surface area contributed by atoms with Gasteiger partial charge in [-0.2, -0.15) is 0 Å². The molecule has 0 aromatic rings. The lowest BCUT2D eigenvalue weighted by molar-refractivity contribution is -0.143. The summed E-state index contributed by atoms with van der Waals surface area (Å²) in [5, 5.41) is 21.0. The number of likely N-dealkylation sites (tertiary alicyclic amines) is 1. The van der Waals surface area contributed by atoms with Crippen LogP contribution in [-0.4, -0.2) is 52.3 Å². The van der Waals surface area contributed by atoms with Gasteiger partial charge in [-0.25, -0.2) is 4.79 Å². The number of hydrogen-bond acceptors (Lipinski definition) is 3. The summed E-state index contributed by atoms with van der Waals surface area (Å²) in [4.78, 5) is 22.9. The van der Waals surface area contributed by atoms with Crippen molar-refractivity contribution in [2.75, 3.05) is 13.1 Å². The summed E-state index contributed by atoms with van der Waals surface area (Å²) in [6, 6.07) is 0.138. The van der Waals surface area contributed by atoms with Crippen LogP contribution in [-0.2, 0) is 4.79 Å². The zero-order valence-electron chi connectivity index (χ0n) is 9.51. The van der Waals surface area contributed by atoms with Crippen molar-refractivity contribution < 1.29 is 19.8 Å². The van der Waals surface area contributed by atoms with Gasteiger partial charge < -0.3 is 20.4 Å². The molecule has 0 radical (unpaired) electrons. The van der Waals surface area contributed by atoms with Crippen LogP contribution >= 0.6 is 0 Å². The van der Waals surface area contributed by atoms with Crippen LogP contribution in [0.3, 0.4) is 0 Å². The summed E-state index contributed by atoms with van der Waals surface area (Å²) in [5.41, 5.74) is 0. The Morgan fingerprint density at radius 1 is 1.31 bits per heavy atom. The van der Waals surface area contributed by atoms with E-state index in [0.29, 0.717) is 13.0 Å². The van der Waals surface area contributed by atoms with Gasteiger partial charge in [0.05, 0.1) is 5.92 Å². The standard InChI is InChI=1S/C10H18N2O4/c1-6(2)11-8-3-7(9(13)14)4-12(5-8)10(15)16/h6-8,11H,3-5H2,1-2H3,(H,13,14)(H,15,16)/t7-,8-/m1/s1. The zero-order valence-corrected chi connectivity index (χ0v) is 9.51. The maximum atomic E-state index is 10.9. The third-order valence-corrected chi connectivity index (χ3v) is 2.64. The summed E-state index contributed by atoms with van der Waals surface area (Å²) in [5.74, 6) is -1.54. The zero-order chi connectivity index (χ0) is 12.3. The normalized spacial score (nSPS) is 25.8. The molecule has 0 unspecified atom stereocenters. The molecule has 2 atom stereocenters. The van der Waals surface area contributed by atoms with E-state index in [-0.39, 0.29) is 18.6 Å². The van der Waals surface area contributed by atoms with E-state index in [0.717, 1.165) is 0 Å². The lowest BCUT2D eigenvalue weighted by Gasteiger charge is -2.35. The summed E-state index contributed by atoms with van der Waals surface area (Å²) in [6.07, 6.45) is -0.571. The fraction of sp³-hybridized carbons (Fsp3) is 0.800. The molecule has 1 aliphatic heterocycles. The minimum Gasteiger partial charge on any atom is -0.481 e. The highest BCUT2D eigenvalue weighted by Crippen LogP contribution is 2.17. The third-order valence-electron chi connectivity index (χ3n) is 2.64. The van der Waals surface area contributed by atoms with Crippen LogP contribution in [0.25, 0.3) is 0 Å². The van der Waals surface area contributed by atoms with Crippen molar-refractivity contribution in [2.24, 2.45) is 5.92 Å². The van der Waals surface area contributed by atoms with Crippen molar-refractivity contribution >= 4 is 12.1 Å². The molecule has 1 aliphatic rings. The molecule has 0 aromatic heterocycles. The highest BCUT2D eigenvalue weighted by atomic mass is 16.4. The maximum Gasteiger partial charge on any atom is 0.407 e. The first-order chi connectivity index (χ1) is 7.40. The van der Waals surface area contributed by atoms with Gasteiger partial charge in [0.2, 0.25) is 0 Å². The van der Waals surface area contributed by atoms with Crippen LogP contribution in [0, 0.1) is 5.92 Å². The number of rotatable bonds is 3. The van der Waals surface area contributed by atoms with Gasteiger partial charge in [-0.1, -0.05) is 13.8 Å². The SMILES string of the molecule is CC(C)N[C@@H]1C[C@@H](C(=O)O)CN(C(=O)O)C1. The Labute approximate surface area is 94.2 Å². The monoisotopic (exact) mass is 230 g/mol. The molecule has 1 heterocycles. The molecular weight excluding hydrogens is 212 g/mol. The molecule has 6 heteroatoms. The molecule has 1 rings (SSSR count). The average molecular weight is 230 g/mol. The second kappa shape index (κ2) is 5.16. The van der Waals surface area contributed by atoms with Crippen LogP contribution in [0.4, 0.5) is 4.79 Å². The van der Waals surface area contributed by atoms with Gasteiger partial charge >= 0.3 is 12.1 Å². The lowest BCUT2D eigenvalue weighted by Crippen LogP contribution is -2.53. The largest absolute Gasteiger partial charge is 0.481 e. The Hall–Kier alpha value is -1.30. The smallest absolute Gasteiger partial charge is 0.407 e. The maximum absolute atomic E-state index is 10.9. The van der Waals surface area contributed by atoms with Gasteiger partial charge in [0.15, 0.2) is 0 Å². The number of carbonyl (C=O) groups is 2. The predicted octanol–water partition coefficient (Wildman–Crippen LogP) is 0.437. The van der Waals surface area contributed by atoms with Crippen molar-refractivity contribution in [3.05, 3.63) is 0 Å². The molecular formula is C10H18N2O4. The van der Waals surface area contributed by atoms with E-state index in [4.69, 9.17) is 10.2 Å². The summed E-state index contributed by atoms with van der Waals surface area (Å²) >= 11 is 0. The van der Waals surface area contributed by atoms with Gasteiger partial charge in [0, 0.05) is 25.2 Å². The van der Waals surface area contributed by atoms with E-state index >= 15 is 0 Å². The number of carboxylic acids is 1. The van der Waals surface area contributed by atoms with Crippen molar-refractivity contribution in [3.8, 4) is 0 Å². The quantitative estimate of drug-likeness (QED) is 0.654. The van der Waals surface area contributed by atoms with Crippen LogP contribution in [0.1, 0.15) is 20.3 Å². The average Bonchev–Trinajstić information content (AvgIpc) is 2.15. The number of piperidine rings is 1. The van der Waals surface area contributed by atoms with E-state index < -0.39 is 18.0 Å². The first kappa shape index (κ1) is 12.8. The third kappa shape index (κ3) is 3.37. The van der Waals surface area contributed by atoms with E-state index in [2.05, 4.69) is 5.32 Å². The summed E-state index contributed by atoms with van der Waals surface area (Å²) < 4.78 is 0. The van der Waals surface area contributed by atoms with Gasteiger partial charge in [0.25, 0.3) is 0 Å². The highest BCUT2D eigenvalue weighted by molar-refractivity contribution is 5.72. The Bertz CT molecular complexity index is 258. The van der Waals surface area contributed by atoms with Crippen LogP contribution in [0.2, 0.25) is 0 Å². The number of nitrogens with zero attached hydrogens (tertiary/aromatic N) is 1. The topological polar surface area (TPSA) is 89.9 Å². The van der Waals surface area contributed by atoms with E-state index in [9.17, 15) is 9.59 Å². The Kier molecular flexibility index (Phi) is 4.12. The molecule has 1 saturated heterocycles. The molecule has 0 aliphatic carbocycles. The number of carboxylic acid groups (broad SMARTS) is 2. The first-order valence-electron chi connectivity index (χ1n) is 5.37. The number of amides is 1. The van der Waals surface area contributed by atoms with E-state index in [1.807, 2.05) is 13.8 Å². The van der Waals surface area contributed by atoms with Crippen molar-refractivity contribution in [1.29, 1.82) is 0 Å². The Morgan fingerprint density at radius 3 is 2.38 bits per heavy atom. The van der Waals surface area contributed by atoms with E-state index in [1.165, 1.54) is 4.90 Å². The number of hydrogen-bond donors (Lipinski definition) is 3. The van der Waals surface area contributed by atoms with Gasteiger partial charge in [-0.3, -0.25) is 4.79 Å². The Morgan fingerprint density at radius 2 is 1.94 bits per heavy atom. The van der Waals surface area contributed by atoms with Gasteiger partial charge in [0.1, 0.15) is 0 Å². The number of nitrogens with one attached hydrogen (secondary N) is 1. The molecule has 0 saturated carbocycles. The molecule has 3 N–H and O–H groups in total. The molecule has 1 amide bonds. The molecule has 16 heavy (non-hydrogen) atoms. The first-order valence-corrected chi connectivity index (χ1v) is 5.37. The minimum absolute atomic E-state index is 0.0778. The van der Waals surface area contributed by atoms with Crippen molar-refractivity contribution in [3.63, 3.8) is 0 Å². The predicted molar refractivity (Wildman–Crippen MR) is 57.4 cm³/mol. The van der Waals surface area contributed by atoms with Crippen molar-refractivity contribution in [2.45, 2.75) is 32.4 Å². The molecule has 92 valence electrons. The molecule has 1 fully saturated rings. The van der Waals surface area contributed by atoms with Crippen LogP contribution in [0.15, 0.2) is 0 Å². The van der Waals surface area contributed by atoms with E-state index in [1.54, 1.807) is 0 Å². The lowest BCUT2D eigenvalue weighted by atomic mass is 9.94.